The molecule has 0 aliphatic rings. The van der Waals surface area contributed by atoms with Crippen LogP contribution in [0.25, 0.3) is 0 Å². The van der Waals surface area contributed by atoms with E-state index >= 15 is 0 Å². The van der Waals surface area contributed by atoms with Gasteiger partial charge in [0.25, 0.3) is 0 Å². The van der Waals surface area contributed by atoms with Crippen molar-refractivity contribution in [1.82, 2.24) is 0 Å². The molecule has 0 atom stereocenters. The summed E-state index contributed by atoms with van der Waals surface area (Å²) in [5.74, 6) is -12.0. The molecule has 0 spiro atoms. The summed E-state index contributed by atoms with van der Waals surface area (Å²) in [6.07, 6.45) is 0. The molecule has 0 amide bonds. The lowest BCUT2D eigenvalue weighted by Crippen LogP contribution is -2.12. The molecule has 0 radical (unpaired) electrons. The number of halogens is 10. The summed E-state index contributed by atoms with van der Waals surface area (Å²) < 4.78 is 210. The highest BCUT2D eigenvalue weighted by Crippen LogP contribution is 2.44. The first kappa shape index (κ1) is 74.6. The number of rotatable bonds is 16. The zero-order valence-corrected chi connectivity index (χ0v) is 56.2. The molecule has 494 valence electrons. The average Bonchev–Trinajstić information content (AvgIpc) is 0.781. The molecular formula is C72H70F10O7S4. The molecule has 0 bridgehead atoms. The second-order valence-corrected chi connectivity index (χ2v) is 29.9. The van der Waals surface area contributed by atoms with E-state index in [2.05, 4.69) is 13.8 Å². The first-order chi connectivity index (χ1) is 43.5. The average molecular weight is 1370 g/mol. The molecule has 0 saturated carbocycles. The van der Waals surface area contributed by atoms with Crippen molar-refractivity contribution in [2.75, 3.05) is 0 Å². The first-order valence-corrected chi connectivity index (χ1v) is 34.6. The maximum atomic E-state index is 14.5. The summed E-state index contributed by atoms with van der Waals surface area (Å²) in [7, 11) is -11.3. The summed E-state index contributed by atoms with van der Waals surface area (Å²) >= 11 is 0. The zero-order valence-electron chi connectivity index (χ0n) is 52.9. The van der Waals surface area contributed by atoms with Gasteiger partial charge in [0.05, 0.1) is 26.7 Å². The fraction of sp³-hybridized carbons (Fsp3) is 0.250. The van der Waals surface area contributed by atoms with E-state index in [0.717, 1.165) is 40.5 Å². The Kier molecular flexibility index (Phi) is 25.8. The van der Waals surface area contributed by atoms with E-state index in [-0.39, 0.29) is 75.1 Å². The van der Waals surface area contributed by atoms with Gasteiger partial charge in [-0.2, -0.15) is 8.78 Å². The lowest BCUT2D eigenvalue weighted by Gasteiger charge is -2.24. The summed E-state index contributed by atoms with van der Waals surface area (Å²) in [5, 5.41) is 0. The van der Waals surface area contributed by atoms with Gasteiger partial charge < -0.3 is 13.8 Å². The van der Waals surface area contributed by atoms with Crippen LogP contribution in [0.1, 0.15) is 152 Å². The largest absolute Gasteiger partial charge is 0.744 e. The SMILES string of the molecule is CC(C)c1cc(C(C)C)c(Oc2c(F)c(F)c(S(=O)(=O)[O-])c(F)c2F)c(C(C)C)c1.CC(C)c1cc(C(C)C)c(S(=O)(=O)[O-])c(C(C)C)c1.Fc1ccc([S+](c2ccc(F)cc2)c2ccc(F)cc2)cc1.Fc1ccc([S+](c2ccc(F)cc2)c2ccc(F)cc2)cc1. The van der Waals surface area contributed by atoms with Crippen molar-refractivity contribution in [3.8, 4) is 11.5 Å². The Morgan fingerprint density at radius 3 is 0.677 bits per heavy atom. The molecule has 21 heteroatoms. The molecule has 9 aromatic rings. The van der Waals surface area contributed by atoms with Crippen molar-refractivity contribution in [3.63, 3.8) is 0 Å². The maximum absolute atomic E-state index is 14.5. The smallest absolute Gasteiger partial charge is 0.205 e. The van der Waals surface area contributed by atoms with Crippen LogP contribution in [0.15, 0.2) is 209 Å². The lowest BCUT2D eigenvalue weighted by atomic mass is 9.88. The molecule has 0 unspecified atom stereocenters. The van der Waals surface area contributed by atoms with Gasteiger partial charge in [-0.3, -0.25) is 0 Å². The minimum absolute atomic E-state index is 0.00919. The number of benzene rings is 9. The van der Waals surface area contributed by atoms with Crippen LogP contribution < -0.4 is 4.74 Å². The molecule has 93 heavy (non-hydrogen) atoms. The second kappa shape index (κ2) is 32.2. The highest BCUT2D eigenvalue weighted by atomic mass is 32.2. The standard InChI is InChI=1S/C21H24F4O4S.2C18H12F3S.C15H24O3S/c1-9(2)12-7-13(10(3)4)19(14(8-12)11(5)6)29-20-15(22)17(24)21(30(26,27)28)18(25)16(20)23;2*19-13-1-7-16(8-2-13)22(17-9-3-14(20)4-10-17)18-11-5-15(21)6-12-18;1-9(2)12-7-13(10(3)4)15(19(16,17)18)14(8-12)11(5)6/h7-11H,1-6H3,(H,26,27,28);2*1-12H;7-11H,1-6H3,(H,16,17,18)/q;2*+1;/p-2. The molecule has 9 aromatic carbocycles. The Morgan fingerprint density at radius 2 is 0.495 bits per heavy atom. The first-order valence-electron chi connectivity index (χ1n) is 29.3. The van der Waals surface area contributed by atoms with Crippen LogP contribution in [-0.4, -0.2) is 25.9 Å². The van der Waals surface area contributed by atoms with Crippen LogP contribution >= 0.6 is 0 Å². The Hall–Kier alpha value is -7.40. The van der Waals surface area contributed by atoms with E-state index in [1.807, 2.05) is 81.4 Å². The van der Waals surface area contributed by atoms with Crippen LogP contribution in [0, 0.1) is 58.2 Å². The topological polar surface area (TPSA) is 124 Å². The van der Waals surface area contributed by atoms with Crippen molar-refractivity contribution in [1.29, 1.82) is 0 Å². The molecule has 0 aromatic heterocycles. The van der Waals surface area contributed by atoms with Crippen LogP contribution in [0.5, 0.6) is 11.5 Å². The third kappa shape index (κ3) is 19.4. The van der Waals surface area contributed by atoms with Crippen molar-refractivity contribution in [2.24, 2.45) is 0 Å². The van der Waals surface area contributed by atoms with Gasteiger partial charge in [-0.25, -0.2) is 52.0 Å². The number of hydrogen-bond donors (Lipinski definition) is 0. The zero-order chi connectivity index (χ0) is 69.1. The fourth-order valence-corrected chi connectivity index (χ4v) is 15.3. The van der Waals surface area contributed by atoms with E-state index in [1.54, 1.807) is 84.9 Å². The minimum atomic E-state index is -5.79. The predicted octanol–water partition coefficient (Wildman–Crippen LogP) is 20.7. The van der Waals surface area contributed by atoms with E-state index < -0.39 is 75.9 Å². The Morgan fingerprint density at radius 1 is 0.290 bits per heavy atom. The molecule has 0 aliphatic carbocycles. The molecule has 0 N–H and O–H groups in total. The summed E-state index contributed by atoms with van der Waals surface area (Å²) in [4.78, 5) is 3.10. The Labute approximate surface area is 544 Å². The van der Waals surface area contributed by atoms with Crippen LogP contribution in [0.4, 0.5) is 43.9 Å². The van der Waals surface area contributed by atoms with Crippen molar-refractivity contribution >= 4 is 42.0 Å². The minimum Gasteiger partial charge on any atom is -0.744 e. The number of hydrogen-bond acceptors (Lipinski definition) is 7. The monoisotopic (exact) mass is 1360 g/mol. The van der Waals surface area contributed by atoms with E-state index in [4.69, 9.17) is 4.74 Å². The van der Waals surface area contributed by atoms with Gasteiger partial charge in [-0.1, -0.05) is 107 Å². The van der Waals surface area contributed by atoms with Crippen LogP contribution in [0.2, 0.25) is 0 Å². The highest BCUT2D eigenvalue weighted by Gasteiger charge is 2.34. The van der Waals surface area contributed by atoms with Crippen molar-refractivity contribution in [3.05, 3.63) is 261 Å². The quantitative estimate of drug-likeness (QED) is 0.0408. The van der Waals surface area contributed by atoms with Gasteiger partial charge in [0.1, 0.15) is 65.8 Å². The van der Waals surface area contributed by atoms with E-state index in [9.17, 15) is 69.8 Å². The highest BCUT2D eigenvalue weighted by molar-refractivity contribution is 7.97. The molecule has 7 nitrogen and oxygen atoms in total. The predicted molar refractivity (Wildman–Crippen MR) is 342 cm³/mol. The van der Waals surface area contributed by atoms with Gasteiger partial charge >= 0.3 is 0 Å². The molecule has 9 rings (SSSR count). The third-order valence-electron chi connectivity index (χ3n) is 14.3. The third-order valence-corrected chi connectivity index (χ3v) is 20.6. The van der Waals surface area contributed by atoms with Crippen molar-refractivity contribution in [2.45, 2.75) is 158 Å². The molecule has 0 saturated heterocycles. The fourth-order valence-electron chi connectivity index (χ4n) is 9.43. The summed E-state index contributed by atoms with van der Waals surface area (Å²) in [6, 6.07) is 44.4. The van der Waals surface area contributed by atoms with Crippen LogP contribution in [-0.2, 0) is 42.0 Å². The van der Waals surface area contributed by atoms with Gasteiger partial charge in [0, 0.05) is 0 Å². The van der Waals surface area contributed by atoms with Gasteiger partial charge in [0.2, 0.25) is 17.4 Å². The molecule has 0 heterocycles. The summed E-state index contributed by atoms with van der Waals surface area (Å²) in [5.41, 5.74) is 4.44. The molecule has 0 aliphatic heterocycles. The Balaban J connectivity index is 0.000000199. The molecule has 0 fully saturated rings. The second-order valence-electron chi connectivity index (χ2n) is 23.2. The number of ether oxygens (including phenoxy) is 1. The maximum Gasteiger partial charge on any atom is 0.205 e. The normalized spacial score (nSPS) is 11.7. The van der Waals surface area contributed by atoms with Crippen molar-refractivity contribution < 1.29 is 74.6 Å². The van der Waals surface area contributed by atoms with E-state index in [0.29, 0.717) is 28.2 Å². The summed E-state index contributed by atoms with van der Waals surface area (Å²) in [6.45, 7) is 23.0. The Bertz CT molecular complexity index is 3790. The van der Waals surface area contributed by atoms with Crippen LogP contribution in [0.3, 0.4) is 0 Å². The van der Waals surface area contributed by atoms with Gasteiger partial charge in [-0.15, -0.1) is 0 Å². The van der Waals surface area contributed by atoms with E-state index in [1.165, 1.54) is 72.8 Å². The van der Waals surface area contributed by atoms with Gasteiger partial charge in [-0.05, 0) is 214 Å². The molecular weight excluding hydrogens is 1300 g/mol. The van der Waals surface area contributed by atoms with Gasteiger partial charge in [0.15, 0.2) is 41.0 Å². The lowest BCUT2D eigenvalue weighted by molar-refractivity contribution is 0.341.